The molecular weight excluding hydrogens is 440 g/mol. The summed E-state index contributed by atoms with van der Waals surface area (Å²) in [7, 11) is -0.971. The molecule has 170 valence electrons. The fourth-order valence-corrected chi connectivity index (χ4v) is 5.06. The molecule has 0 aliphatic rings. The highest BCUT2D eigenvalue weighted by molar-refractivity contribution is 7.92. The van der Waals surface area contributed by atoms with Gasteiger partial charge in [-0.25, -0.2) is 8.42 Å². The molecule has 0 saturated heterocycles. The molecule has 0 aliphatic heterocycles. The van der Waals surface area contributed by atoms with E-state index in [-0.39, 0.29) is 22.6 Å². The van der Waals surface area contributed by atoms with Gasteiger partial charge >= 0.3 is 0 Å². The number of fused-ring (bicyclic) bond motifs is 1. The molecule has 1 N–H and O–H groups in total. The monoisotopic (exact) mass is 464 g/mol. The van der Waals surface area contributed by atoms with Gasteiger partial charge in [0.2, 0.25) is 0 Å². The van der Waals surface area contributed by atoms with Gasteiger partial charge in [0.25, 0.3) is 15.6 Å². The van der Waals surface area contributed by atoms with Crippen molar-refractivity contribution >= 4 is 26.6 Å². The average molecular weight is 465 g/mol. The van der Waals surface area contributed by atoms with Crippen molar-refractivity contribution in [1.82, 2.24) is 4.98 Å². The SMILES string of the molecule is COc1ccc2[nH]c(=O)c(CN(c3ccccc3OC)S(=O)(=O)c3ccc(C)cc3)cc2c1. The number of ether oxygens (including phenoxy) is 2. The van der Waals surface area contributed by atoms with E-state index >= 15 is 0 Å². The van der Waals surface area contributed by atoms with Gasteiger partial charge < -0.3 is 14.5 Å². The van der Waals surface area contributed by atoms with E-state index in [0.717, 1.165) is 10.9 Å². The lowest BCUT2D eigenvalue weighted by Crippen LogP contribution is -2.33. The number of sulfonamides is 1. The van der Waals surface area contributed by atoms with E-state index in [1.807, 2.05) is 6.92 Å². The number of aryl methyl sites for hydroxylation is 1. The Balaban J connectivity index is 1.88. The Morgan fingerprint density at radius 3 is 2.33 bits per heavy atom. The van der Waals surface area contributed by atoms with Crippen molar-refractivity contribution in [2.45, 2.75) is 18.4 Å². The van der Waals surface area contributed by atoms with Gasteiger partial charge in [0.1, 0.15) is 11.5 Å². The van der Waals surface area contributed by atoms with Crippen LogP contribution in [0.1, 0.15) is 11.1 Å². The highest BCUT2D eigenvalue weighted by Gasteiger charge is 2.28. The van der Waals surface area contributed by atoms with Crippen molar-refractivity contribution < 1.29 is 17.9 Å². The molecule has 4 rings (SSSR count). The largest absolute Gasteiger partial charge is 0.497 e. The number of aromatic nitrogens is 1. The van der Waals surface area contributed by atoms with E-state index in [0.29, 0.717) is 22.7 Å². The quantitative estimate of drug-likeness (QED) is 0.442. The Bertz CT molecular complexity index is 1460. The number of H-pyrrole nitrogens is 1. The lowest BCUT2D eigenvalue weighted by Gasteiger charge is -2.26. The number of anilines is 1. The molecule has 0 atom stereocenters. The fourth-order valence-electron chi connectivity index (χ4n) is 3.60. The van der Waals surface area contributed by atoms with Gasteiger partial charge in [0.05, 0.1) is 31.3 Å². The first kappa shape index (κ1) is 22.4. The molecule has 4 aromatic rings. The molecule has 0 saturated carbocycles. The zero-order chi connectivity index (χ0) is 23.6. The van der Waals surface area contributed by atoms with Crippen LogP contribution >= 0.6 is 0 Å². The van der Waals surface area contributed by atoms with Gasteiger partial charge in [-0.2, -0.15) is 0 Å². The molecule has 0 aliphatic carbocycles. The van der Waals surface area contributed by atoms with Crippen molar-refractivity contribution in [2.75, 3.05) is 18.5 Å². The Kier molecular flexibility index (Phi) is 6.11. The van der Waals surface area contributed by atoms with Gasteiger partial charge in [-0.15, -0.1) is 0 Å². The van der Waals surface area contributed by atoms with Crippen molar-refractivity contribution in [2.24, 2.45) is 0 Å². The number of nitrogens with one attached hydrogen (secondary N) is 1. The molecule has 1 aromatic heterocycles. The fraction of sp³-hybridized carbons (Fsp3) is 0.160. The molecule has 8 heteroatoms. The van der Waals surface area contributed by atoms with Gasteiger partial charge in [0, 0.05) is 16.5 Å². The lowest BCUT2D eigenvalue weighted by molar-refractivity contribution is 0.415. The van der Waals surface area contributed by atoms with Crippen LogP contribution in [0.25, 0.3) is 10.9 Å². The molecule has 0 unspecified atom stereocenters. The van der Waals surface area contributed by atoms with Crippen LogP contribution in [0.4, 0.5) is 5.69 Å². The highest BCUT2D eigenvalue weighted by Crippen LogP contribution is 2.33. The smallest absolute Gasteiger partial charge is 0.264 e. The van der Waals surface area contributed by atoms with Crippen LogP contribution in [-0.2, 0) is 16.6 Å². The summed E-state index contributed by atoms with van der Waals surface area (Å²) in [6.07, 6.45) is 0. The van der Waals surface area contributed by atoms with Crippen molar-refractivity contribution in [3.8, 4) is 11.5 Å². The number of methoxy groups -OCH3 is 2. The van der Waals surface area contributed by atoms with E-state index in [9.17, 15) is 13.2 Å². The summed E-state index contributed by atoms with van der Waals surface area (Å²) in [6.45, 7) is 1.70. The minimum absolute atomic E-state index is 0.123. The van der Waals surface area contributed by atoms with Gasteiger partial charge in [-0.1, -0.05) is 29.8 Å². The van der Waals surface area contributed by atoms with E-state index in [1.54, 1.807) is 79.9 Å². The number of hydrogen-bond acceptors (Lipinski definition) is 5. The molecule has 0 bridgehead atoms. The molecule has 33 heavy (non-hydrogen) atoms. The van der Waals surface area contributed by atoms with Gasteiger partial charge in [-0.05, 0) is 55.5 Å². The van der Waals surface area contributed by atoms with Crippen LogP contribution < -0.4 is 19.3 Å². The number of rotatable bonds is 7. The summed E-state index contributed by atoms with van der Waals surface area (Å²) < 4.78 is 39.4. The molecule has 3 aromatic carbocycles. The van der Waals surface area contributed by atoms with E-state index in [4.69, 9.17) is 9.47 Å². The second-order valence-corrected chi connectivity index (χ2v) is 9.44. The predicted octanol–water partition coefficient (Wildman–Crippen LogP) is 4.25. The highest BCUT2D eigenvalue weighted by atomic mass is 32.2. The zero-order valence-corrected chi connectivity index (χ0v) is 19.3. The molecule has 7 nitrogen and oxygen atoms in total. The Hall–Kier alpha value is -3.78. The maximum Gasteiger partial charge on any atom is 0.264 e. The predicted molar refractivity (Wildman–Crippen MR) is 129 cm³/mol. The van der Waals surface area contributed by atoms with Gasteiger partial charge in [-0.3, -0.25) is 9.10 Å². The van der Waals surface area contributed by atoms with Gasteiger partial charge in [0.15, 0.2) is 0 Å². The molecule has 1 heterocycles. The Labute approximate surface area is 192 Å². The number of aromatic amines is 1. The minimum Gasteiger partial charge on any atom is -0.497 e. The standard InChI is InChI=1S/C25H24N2O5S/c1-17-8-11-21(12-9-17)33(29,30)27(23-6-4-5-7-24(23)32-3)16-19-14-18-15-20(31-2)10-13-22(18)26-25(19)28/h4-15H,16H2,1-3H3,(H,26,28). The third-order valence-corrected chi connectivity index (χ3v) is 7.18. The summed E-state index contributed by atoms with van der Waals surface area (Å²) in [4.78, 5) is 15.8. The second-order valence-electron chi connectivity index (χ2n) is 7.57. The van der Waals surface area contributed by atoms with Crippen molar-refractivity contribution in [1.29, 1.82) is 0 Å². The number of hydrogen-bond donors (Lipinski definition) is 1. The number of nitrogens with zero attached hydrogens (tertiary/aromatic N) is 1. The zero-order valence-electron chi connectivity index (χ0n) is 18.5. The van der Waals surface area contributed by atoms with Crippen LogP contribution in [0.15, 0.2) is 82.5 Å². The molecule has 0 spiro atoms. The Morgan fingerprint density at radius 1 is 0.909 bits per heavy atom. The van der Waals surface area contributed by atoms with Crippen LogP contribution in [0.2, 0.25) is 0 Å². The van der Waals surface area contributed by atoms with E-state index < -0.39 is 10.0 Å². The lowest BCUT2D eigenvalue weighted by atomic mass is 10.1. The summed E-state index contributed by atoms with van der Waals surface area (Å²) >= 11 is 0. The maximum atomic E-state index is 13.7. The topological polar surface area (TPSA) is 88.7 Å². The Morgan fingerprint density at radius 2 is 1.64 bits per heavy atom. The van der Waals surface area contributed by atoms with Crippen molar-refractivity contribution in [3.05, 3.63) is 94.3 Å². The number of para-hydroxylation sites is 2. The second kappa shape index (κ2) is 8.99. The first-order valence-corrected chi connectivity index (χ1v) is 11.7. The van der Waals surface area contributed by atoms with Crippen molar-refractivity contribution in [3.63, 3.8) is 0 Å². The summed E-state index contributed by atoms with van der Waals surface area (Å²) in [5.74, 6) is 1.02. The first-order chi connectivity index (χ1) is 15.8. The van der Waals surface area contributed by atoms with Crippen LogP contribution in [0, 0.1) is 6.92 Å². The number of benzene rings is 3. The summed E-state index contributed by atoms with van der Waals surface area (Å²) in [5.41, 5.74) is 1.84. The summed E-state index contributed by atoms with van der Waals surface area (Å²) in [6, 6.07) is 20.4. The average Bonchev–Trinajstić information content (AvgIpc) is 2.82. The maximum absolute atomic E-state index is 13.7. The normalized spacial score (nSPS) is 11.4. The third-order valence-electron chi connectivity index (χ3n) is 5.41. The van der Waals surface area contributed by atoms with Crippen LogP contribution in [-0.4, -0.2) is 27.6 Å². The molecule has 0 radical (unpaired) electrons. The van der Waals surface area contributed by atoms with Crippen LogP contribution in [0.5, 0.6) is 11.5 Å². The first-order valence-electron chi connectivity index (χ1n) is 10.3. The van der Waals surface area contributed by atoms with Crippen LogP contribution in [0.3, 0.4) is 0 Å². The minimum atomic E-state index is -4.01. The number of pyridine rings is 1. The summed E-state index contributed by atoms with van der Waals surface area (Å²) in [5, 5.41) is 0.733. The molecule has 0 fully saturated rings. The van der Waals surface area contributed by atoms with E-state index in [1.165, 1.54) is 11.4 Å². The molecular formula is C25H24N2O5S. The third kappa shape index (κ3) is 4.42. The van der Waals surface area contributed by atoms with E-state index in [2.05, 4.69) is 4.98 Å². The molecule has 0 amide bonds.